The predicted molar refractivity (Wildman–Crippen MR) is 81.4 cm³/mol. The summed E-state index contributed by atoms with van der Waals surface area (Å²) >= 11 is 6.14. The van der Waals surface area contributed by atoms with Crippen molar-refractivity contribution in [1.29, 1.82) is 0 Å². The second-order valence-electron chi connectivity index (χ2n) is 4.42. The summed E-state index contributed by atoms with van der Waals surface area (Å²) in [5.41, 5.74) is 0.315. The van der Waals surface area contributed by atoms with E-state index in [2.05, 4.69) is 0 Å². The Morgan fingerprint density at radius 1 is 0.952 bits per heavy atom. The van der Waals surface area contributed by atoms with Crippen LogP contribution in [0.2, 0.25) is 5.02 Å². The zero-order valence-corrected chi connectivity index (χ0v) is 12.3. The van der Waals surface area contributed by atoms with Gasteiger partial charge < -0.3 is 0 Å². The molecule has 0 amide bonds. The minimum Gasteiger partial charge on any atom is -0.296 e. The van der Waals surface area contributed by atoms with Gasteiger partial charge in [0.15, 0.2) is 6.29 Å². The molecular weight excluding hydrogens is 310 g/mol. The van der Waals surface area contributed by atoms with Crippen LogP contribution in [-0.2, 0) is 10.0 Å². The number of halogens is 1. The highest BCUT2D eigenvalue weighted by molar-refractivity contribution is 7.90. The molecule has 2 aromatic carbocycles. The summed E-state index contributed by atoms with van der Waals surface area (Å²) in [5, 5.41) is 0.667. The Morgan fingerprint density at radius 3 is 2.24 bits per heavy atom. The summed E-state index contributed by atoms with van der Waals surface area (Å²) in [7, 11) is -3.89. The third kappa shape index (κ3) is 2.05. The van der Waals surface area contributed by atoms with Gasteiger partial charge in [-0.3, -0.25) is 4.79 Å². The first-order valence-corrected chi connectivity index (χ1v) is 7.94. The SMILES string of the molecule is O=Cc1c(Cl)c2ccccc2n1S(=O)(=O)c1ccccc1. The maximum absolute atomic E-state index is 12.8. The maximum atomic E-state index is 12.8. The summed E-state index contributed by atoms with van der Waals surface area (Å²) in [5.74, 6) is 0. The highest BCUT2D eigenvalue weighted by atomic mass is 35.5. The number of hydrogen-bond acceptors (Lipinski definition) is 3. The van der Waals surface area contributed by atoms with Crippen molar-refractivity contribution in [3.8, 4) is 0 Å². The molecule has 0 aliphatic heterocycles. The van der Waals surface area contributed by atoms with Crippen molar-refractivity contribution in [3.63, 3.8) is 0 Å². The molecule has 106 valence electrons. The topological polar surface area (TPSA) is 56.1 Å². The standard InChI is InChI=1S/C15H10ClNO3S/c16-15-12-8-4-5-9-13(12)17(14(15)10-18)21(19,20)11-6-2-1-3-7-11/h1-10H. The number of rotatable bonds is 3. The van der Waals surface area contributed by atoms with Crippen molar-refractivity contribution < 1.29 is 13.2 Å². The number of nitrogens with zero attached hydrogens (tertiary/aromatic N) is 1. The Labute approximate surface area is 126 Å². The lowest BCUT2D eigenvalue weighted by atomic mass is 10.2. The molecular formula is C15H10ClNO3S. The molecule has 21 heavy (non-hydrogen) atoms. The second-order valence-corrected chi connectivity index (χ2v) is 6.58. The van der Waals surface area contributed by atoms with Crippen molar-refractivity contribution in [2.45, 2.75) is 4.90 Å². The van der Waals surface area contributed by atoms with Crippen LogP contribution in [0.5, 0.6) is 0 Å². The van der Waals surface area contributed by atoms with Crippen molar-refractivity contribution in [2.75, 3.05) is 0 Å². The normalized spacial score (nSPS) is 11.7. The van der Waals surface area contributed by atoms with Gasteiger partial charge in [-0.25, -0.2) is 12.4 Å². The van der Waals surface area contributed by atoms with E-state index in [1.54, 1.807) is 42.5 Å². The van der Waals surface area contributed by atoms with E-state index >= 15 is 0 Å². The van der Waals surface area contributed by atoms with E-state index in [4.69, 9.17) is 11.6 Å². The van der Waals surface area contributed by atoms with Crippen LogP contribution in [-0.4, -0.2) is 18.7 Å². The minimum atomic E-state index is -3.89. The van der Waals surface area contributed by atoms with Crippen LogP contribution in [0.3, 0.4) is 0 Å². The van der Waals surface area contributed by atoms with Crippen molar-refractivity contribution in [2.24, 2.45) is 0 Å². The van der Waals surface area contributed by atoms with Crippen molar-refractivity contribution in [3.05, 3.63) is 65.3 Å². The third-order valence-corrected chi connectivity index (χ3v) is 5.34. The zero-order chi connectivity index (χ0) is 15.0. The van der Waals surface area contributed by atoms with Gasteiger partial charge in [0, 0.05) is 5.39 Å². The highest BCUT2D eigenvalue weighted by Crippen LogP contribution is 2.32. The van der Waals surface area contributed by atoms with Crippen LogP contribution in [0.4, 0.5) is 0 Å². The number of aldehydes is 1. The molecule has 1 heterocycles. The van der Waals surface area contributed by atoms with Crippen molar-refractivity contribution in [1.82, 2.24) is 3.97 Å². The van der Waals surface area contributed by atoms with Gasteiger partial charge >= 0.3 is 0 Å². The Bertz CT molecular complexity index is 930. The van der Waals surface area contributed by atoms with Gasteiger partial charge in [0.25, 0.3) is 10.0 Å². The van der Waals surface area contributed by atoms with E-state index in [1.165, 1.54) is 12.1 Å². The molecule has 6 heteroatoms. The molecule has 0 unspecified atom stereocenters. The first-order valence-electron chi connectivity index (χ1n) is 6.12. The van der Waals surface area contributed by atoms with Gasteiger partial charge in [0.2, 0.25) is 0 Å². The average Bonchev–Trinajstić information content (AvgIpc) is 2.81. The summed E-state index contributed by atoms with van der Waals surface area (Å²) in [6.45, 7) is 0. The largest absolute Gasteiger partial charge is 0.296 e. The number of benzene rings is 2. The smallest absolute Gasteiger partial charge is 0.268 e. The van der Waals surface area contributed by atoms with Gasteiger partial charge in [0.05, 0.1) is 15.4 Å². The van der Waals surface area contributed by atoms with E-state index in [0.717, 1.165) is 3.97 Å². The molecule has 4 nitrogen and oxygen atoms in total. The monoisotopic (exact) mass is 319 g/mol. The van der Waals surface area contributed by atoms with Crippen LogP contribution in [0.25, 0.3) is 10.9 Å². The number of carbonyl (C=O) groups is 1. The lowest BCUT2D eigenvalue weighted by Crippen LogP contribution is -2.15. The predicted octanol–water partition coefficient (Wildman–Crippen LogP) is 3.34. The van der Waals surface area contributed by atoms with Crippen LogP contribution in [0.15, 0.2) is 59.5 Å². The molecule has 0 aliphatic rings. The molecule has 0 spiro atoms. The fourth-order valence-corrected chi connectivity index (χ4v) is 4.11. The molecule has 0 fully saturated rings. The number of hydrogen-bond donors (Lipinski definition) is 0. The van der Waals surface area contributed by atoms with Crippen molar-refractivity contribution >= 4 is 38.8 Å². The van der Waals surface area contributed by atoms with Crippen LogP contribution in [0, 0.1) is 0 Å². The Balaban J connectivity index is 2.43. The summed E-state index contributed by atoms with van der Waals surface area (Å²) in [6, 6.07) is 14.7. The number of aromatic nitrogens is 1. The first kappa shape index (κ1) is 13.9. The Kier molecular flexibility index (Phi) is 3.31. The minimum absolute atomic E-state index is 0.0679. The molecule has 0 saturated heterocycles. The van der Waals surface area contributed by atoms with Gasteiger partial charge in [-0.05, 0) is 18.2 Å². The van der Waals surface area contributed by atoms with E-state index < -0.39 is 10.0 Å². The Morgan fingerprint density at radius 2 is 1.57 bits per heavy atom. The summed E-state index contributed by atoms with van der Waals surface area (Å²) in [6.07, 6.45) is 0.461. The van der Waals surface area contributed by atoms with Gasteiger partial charge in [0.1, 0.15) is 5.69 Å². The molecule has 3 aromatic rings. The number of para-hydroxylation sites is 1. The lowest BCUT2D eigenvalue weighted by molar-refractivity contribution is 0.111. The van der Waals surface area contributed by atoms with Crippen LogP contribution < -0.4 is 0 Å². The quantitative estimate of drug-likeness (QED) is 0.696. The molecule has 3 rings (SSSR count). The first-order chi connectivity index (χ1) is 10.1. The third-order valence-electron chi connectivity index (χ3n) is 3.20. The van der Waals surface area contributed by atoms with Gasteiger partial charge in [-0.15, -0.1) is 0 Å². The highest BCUT2D eigenvalue weighted by Gasteiger charge is 2.25. The Hall–Kier alpha value is -2.11. The van der Waals surface area contributed by atoms with E-state index in [9.17, 15) is 13.2 Å². The lowest BCUT2D eigenvalue weighted by Gasteiger charge is -2.09. The molecule has 0 atom stereocenters. The van der Waals surface area contributed by atoms with Crippen LogP contribution in [0.1, 0.15) is 10.5 Å². The maximum Gasteiger partial charge on any atom is 0.268 e. The molecule has 0 radical (unpaired) electrons. The van der Waals surface area contributed by atoms with E-state index in [1.807, 2.05) is 0 Å². The molecule has 0 saturated carbocycles. The van der Waals surface area contributed by atoms with Gasteiger partial charge in [-0.1, -0.05) is 48.0 Å². The van der Waals surface area contributed by atoms with Crippen LogP contribution >= 0.6 is 11.6 Å². The number of carbonyl (C=O) groups excluding carboxylic acids is 1. The molecule has 1 aromatic heterocycles. The zero-order valence-electron chi connectivity index (χ0n) is 10.7. The fraction of sp³-hybridized carbons (Fsp3) is 0. The molecule has 0 bridgehead atoms. The fourth-order valence-electron chi connectivity index (χ4n) is 2.25. The molecule has 0 N–H and O–H groups in total. The average molecular weight is 320 g/mol. The summed E-state index contributed by atoms with van der Waals surface area (Å²) < 4.78 is 26.6. The van der Waals surface area contributed by atoms with E-state index in [0.29, 0.717) is 17.2 Å². The summed E-state index contributed by atoms with van der Waals surface area (Å²) in [4.78, 5) is 11.4. The van der Waals surface area contributed by atoms with E-state index in [-0.39, 0.29) is 15.6 Å². The number of fused-ring (bicyclic) bond motifs is 1. The second kappa shape index (κ2) is 5.02. The molecule has 0 aliphatic carbocycles. The van der Waals surface area contributed by atoms with Gasteiger partial charge in [-0.2, -0.15) is 0 Å².